The van der Waals surface area contributed by atoms with Crippen LogP contribution in [0.15, 0.2) is 0 Å². The number of ether oxygens (including phenoxy) is 2. The molecular weight excluding hydrogens is 492 g/mol. The molecule has 10 heteroatoms. The quantitative estimate of drug-likeness (QED) is 0.119. The van der Waals surface area contributed by atoms with Crippen LogP contribution in [0.2, 0.25) is 0 Å². The van der Waals surface area contributed by atoms with Gasteiger partial charge in [0.25, 0.3) is 0 Å². The second-order valence-corrected chi connectivity index (χ2v) is 12.6. The topological polar surface area (TPSA) is 109 Å². The number of nitrogens with one attached hydrogen (secondary N) is 1. The van der Waals surface area contributed by atoms with Crippen LogP contribution in [0.25, 0.3) is 0 Å². The van der Waals surface area contributed by atoms with E-state index in [0.29, 0.717) is 13.0 Å². The molecule has 0 bridgehead atoms. The Balaban J connectivity index is 2.63. The minimum atomic E-state index is -4.40. The molecule has 1 fully saturated rings. The third-order valence-corrected chi connectivity index (χ3v) is 7.59. The fraction of sp³-hybridized carbons (Fsp3) is 0.963. The summed E-state index contributed by atoms with van der Waals surface area (Å²) in [6.45, 7) is 10.5. The number of rotatable bonds is 21. The SMILES string of the molecule is [B][C@@H]1O[C@H](COCCCCCCCC)C(O[P+]([O-])(O)OCCCCCCCCC)C1NC(=O)C(C)(C)C. The van der Waals surface area contributed by atoms with E-state index in [-0.39, 0.29) is 19.1 Å². The molecule has 1 aliphatic rings. The van der Waals surface area contributed by atoms with Gasteiger partial charge in [0.1, 0.15) is 14.0 Å². The second kappa shape index (κ2) is 18.9. The van der Waals surface area contributed by atoms with Crippen LogP contribution in [0.1, 0.15) is 118 Å². The molecule has 3 unspecified atom stereocenters. The van der Waals surface area contributed by atoms with E-state index in [9.17, 15) is 14.6 Å². The van der Waals surface area contributed by atoms with Gasteiger partial charge < -0.3 is 19.7 Å². The van der Waals surface area contributed by atoms with Gasteiger partial charge in [0.2, 0.25) is 5.91 Å². The first-order valence-electron chi connectivity index (χ1n) is 14.5. The number of hydrogen-bond donors (Lipinski definition) is 2. The molecule has 1 saturated heterocycles. The van der Waals surface area contributed by atoms with Crippen LogP contribution in [-0.2, 0) is 23.3 Å². The molecule has 8 nitrogen and oxygen atoms in total. The molecule has 1 amide bonds. The van der Waals surface area contributed by atoms with Crippen LogP contribution in [0.5, 0.6) is 0 Å². The first-order chi connectivity index (χ1) is 17.5. The summed E-state index contributed by atoms with van der Waals surface area (Å²) in [5.74, 6) is -0.254. The van der Waals surface area contributed by atoms with Crippen molar-refractivity contribution in [2.24, 2.45) is 5.41 Å². The first kappa shape index (κ1) is 34.8. The Hall–Kier alpha value is -0.275. The van der Waals surface area contributed by atoms with E-state index in [1.807, 2.05) is 0 Å². The molecule has 0 aromatic heterocycles. The minimum Gasteiger partial charge on any atom is -0.606 e. The summed E-state index contributed by atoms with van der Waals surface area (Å²) in [6, 6.07) is -1.71. The molecule has 0 aromatic carbocycles. The zero-order valence-corrected chi connectivity index (χ0v) is 24.9. The molecule has 0 spiro atoms. The van der Waals surface area contributed by atoms with Gasteiger partial charge in [-0.05, 0) is 12.8 Å². The van der Waals surface area contributed by atoms with Crippen molar-refractivity contribution in [1.82, 2.24) is 5.32 Å². The molecule has 1 heterocycles. The van der Waals surface area contributed by atoms with Gasteiger partial charge in [-0.3, -0.25) is 4.79 Å². The van der Waals surface area contributed by atoms with Crippen molar-refractivity contribution >= 4 is 21.9 Å². The zero-order valence-electron chi connectivity index (χ0n) is 24.0. The molecular formula is C27H53BNO7P. The van der Waals surface area contributed by atoms with Gasteiger partial charge in [-0.2, -0.15) is 13.9 Å². The van der Waals surface area contributed by atoms with Crippen molar-refractivity contribution in [3.63, 3.8) is 0 Å². The van der Waals surface area contributed by atoms with Crippen LogP contribution < -0.4 is 10.2 Å². The maximum absolute atomic E-state index is 12.8. The maximum atomic E-state index is 12.8. The molecule has 2 radical (unpaired) electrons. The lowest BCUT2D eigenvalue weighted by Gasteiger charge is -2.30. The summed E-state index contributed by atoms with van der Waals surface area (Å²) in [5, 5.41) is 2.84. The van der Waals surface area contributed by atoms with Gasteiger partial charge in [0.15, 0.2) is 6.10 Å². The number of unbranched alkanes of at least 4 members (excludes halogenated alkanes) is 11. The fourth-order valence-corrected chi connectivity index (χ4v) is 5.18. The van der Waals surface area contributed by atoms with Gasteiger partial charge in [0, 0.05) is 18.0 Å². The highest BCUT2D eigenvalue weighted by atomic mass is 31.2. The zero-order chi connectivity index (χ0) is 27.7. The number of hydrogen-bond acceptors (Lipinski definition) is 7. The van der Waals surface area contributed by atoms with Crippen molar-refractivity contribution in [2.75, 3.05) is 19.8 Å². The predicted octanol–water partition coefficient (Wildman–Crippen LogP) is 4.97. The molecule has 0 aliphatic carbocycles. The minimum absolute atomic E-state index is 0.124. The van der Waals surface area contributed by atoms with Gasteiger partial charge in [-0.1, -0.05) is 105 Å². The van der Waals surface area contributed by atoms with Crippen LogP contribution in [0, 0.1) is 5.41 Å². The van der Waals surface area contributed by atoms with Gasteiger partial charge in [-0.15, -0.1) is 0 Å². The lowest BCUT2D eigenvalue weighted by atomic mass is 9.88. The second-order valence-electron chi connectivity index (χ2n) is 11.2. The number of carbonyl (C=O) groups is 1. The van der Waals surface area contributed by atoms with Crippen molar-refractivity contribution < 1.29 is 33.1 Å². The summed E-state index contributed by atoms with van der Waals surface area (Å²) < 4.78 is 22.5. The van der Waals surface area contributed by atoms with Gasteiger partial charge >= 0.3 is 8.17 Å². The van der Waals surface area contributed by atoms with Crippen molar-refractivity contribution in [3.8, 4) is 0 Å². The average molecular weight is 546 g/mol. The highest BCUT2D eigenvalue weighted by Crippen LogP contribution is 2.51. The molecule has 37 heavy (non-hydrogen) atoms. The van der Waals surface area contributed by atoms with E-state index in [1.165, 1.54) is 44.9 Å². The molecule has 1 rings (SSSR count). The van der Waals surface area contributed by atoms with E-state index in [1.54, 1.807) is 20.8 Å². The maximum Gasteiger partial charge on any atom is 0.377 e. The van der Waals surface area contributed by atoms with E-state index in [0.717, 1.165) is 32.1 Å². The van der Waals surface area contributed by atoms with Crippen molar-refractivity contribution in [1.29, 1.82) is 0 Å². The molecule has 1 aliphatic heterocycles. The third-order valence-electron chi connectivity index (χ3n) is 6.57. The molecule has 2 N–H and O–H groups in total. The largest absolute Gasteiger partial charge is 0.606 e. The summed E-state index contributed by atoms with van der Waals surface area (Å²) in [6.07, 6.45) is 12.7. The third kappa shape index (κ3) is 15.2. The van der Waals surface area contributed by atoms with Crippen molar-refractivity contribution in [2.45, 2.75) is 142 Å². The Bertz CT molecular complexity index is 606. The van der Waals surface area contributed by atoms with E-state index in [4.69, 9.17) is 26.4 Å². The van der Waals surface area contributed by atoms with Gasteiger partial charge in [-0.25, -0.2) is 0 Å². The molecule has 5 atom stereocenters. The normalized spacial score (nSPS) is 23.8. The molecule has 216 valence electrons. The molecule has 0 saturated carbocycles. The smallest absolute Gasteiger partial charge is 0.377 e. The van der Waals surface area contributed by atoms with Crippen molar-refractivity contribution in [3.05, 3.63) is 0 Å². The Morgan fingerprint density at radius 3 is 2.00 bits per heavy atom. The highest BCUT2D eigenvalue weighted by molar-refractivity contribution is 7.52. The Morgan fingerprint density at radius 1 is 0.946 bits per heavy atom. The molecule has 0 aromatic rings. The first-order valence-corrected chi connectivity index (χ1v) is 16.0. The standard InChI is InChI=1S/C27H53BNO7P/c1-6-8-10-12-14-16-18-20-34-37(31,32)36-24-22(21-33-19-17-15-13-11-9-7-2)35-25(28)23(24)29-26(30)27(3,4)5/h22-25H,6-21H2,1-5H3,(H,29,30)(H,31,32)/t22-,23?,24?,25-/m1/s1. The average Bonchev–Trinajstić information content (AvgIpc) is 3.10. The summed E-state index contributed by atoms with van der Waals surface area (Å²) in [4.78, 5) is 35.9. The van der Waals surface area contributed by atoms with E-state index in [2.05, 4.69) is 19.2 Å². The van der Waals surface area contributed by atoms with Crippen LogP contribution in [0.4, 0.5) is 0 Å². The lowest BCUT2D eigenvalue weighted by molar-refractivity contribution is -0.250. The Morgan fingerprint density at radius 2 is 1.46 bits per heavy atom. The predicted molar refractivity (Wildman–Crippen MR) is 148 cm³/mol. The fourth-order valence-electron chi connectivity index (χ4n) is 4.19. The summed E-state index contributed by atoms with van der Waals surface area (Å²) in [7, 11) is 1.78. The summed E-state index contributed by atoms with van der Waals surface area (Å²) in [5.41, 5.74) is -0.673. The Kier molecular flexibility index (Phi) is 17.8. The van der Waals surface area contributed by atoms with Crippen LogP contribution in [-0.4, -0.2) is 62.7 Å². The lowest BCUT2D eigenvalue weighted by Crippen LogP contribution is -2.52. The van der Waals surface area contributed by atoms with E-state index >= 15 is 0 Å². The monoisotopic (exact) mass is 545 g/mol. The number of phosphoric acid groups is 1. The van der Waals surface area contributed by atoms with E-state index < -0.39 is 37.8 Å². The van der Waals surface area contributed by atoms with Crippen LogP contribution in [0.3, 0.4) is 0 Å². The van der Waals surface area contributed by atoms with Crippen LogP contribution >= 0.6 is 8.17 Å². The number of phosphoric ester groups is 1. The highest BCUT2D eigenvalue weighted by Gasteiger charge is 2.50. The Labute approximate surface area is 228 Å². The number of amides is 1. The van der Waals surface area contributed by atoms with Gasteiger partial charge in [0.05, 0.1) is 19.3 Å². The summed E-state index contributed by atoms with van der Waals surface area (Å²) >= 11 is 0. The number of carbonyl (C=O) groups excluding carboxylic acids is 1.